The maximum atomic E-state index is 10.4. The maximum absolute atomic E-state index is 10.4. The van der Waals surface area contributed by atoms with Crippen molar-refractivity contribution >= 4 is 17.8 Å². The zero-order valence-electron chi connectivity index (χ0n) is 8.68. The molecule has 0 saturated carbocycles. The molecule has 2 N–H and O–H groups in total. The zero-order chi connectivity index (χ0) is 11.8. The standard InChI is InChI=1S/C10H13N3O3/c14-8-11-6-1-7-12-9-2-4-10(5-3-9)13(15)16/h2-5,8,12H,1,6-7H2,(H,11,14). The van der Waals surface area contributed by atoms with E-state index in [1.165, 1.54) is 12.1 Å². The van der Waals surface area contributed by atoms with Crippen LogP contribution in [-0.2, 0) is 4.79 Å². The quantitative estimate of drug-likeness (QED) is 0.314. The number of amides is 1. The fraction of sp³-hybridized carbons (Fsp3) is 0.300. The van der Waals surface area contributed by atoms with Crippen molar-refractivity contribution in [3.63, 3.8) is 0 Å². The van der Waals surface area contributed by atoms with Gasteiger partial charge in [-0.15, -0.1) is 0 Å². The largest absolute Gasteiger partial charge is 0.385 e. The van der Waals surface area contributed by atoms with Crippen LogP contribution < -0.4 is 10.6 Å². The van der Waals surface area contributed by atoms with Crippen molar-refractivity contribution in [3.8, 4) is 0 Å². The van der Waals surface area contributed by atoms with Crippen molar-refractivity contribution in [1.82, 2.24) is 5.32 Å². The molecule has 0 fully saturated rings. The average molecular weight is 223 g/mol. The van der Waals surface area contributed by atoms with E-state index in [1.807, 2.05) is 0 Å². The topological polar surface area (TPSA) is 84.3 Å². The molecule has 0 radical (unpaired) electrons. The Balaban J connectivity index is 2.32. The van der Waals surface area contributed by atoms with Gasteiger partial charge in [0, 0.05) is 30.9 Å². The molecule has 0 aliphatic carbocycles. The first-order chi connectivity index (χ1) is 7.74. The van der Waals surface area contributed by atoms with Gasteiger partial charge in [0.15, 0.2) is 0 Å². The van der Waals surface area contributed by atoms with Crippen molar-refractivity contribution in [3.05, 3.63) is 34.4 Å². The minimum Gasteiger partial charge on any atom is -0.385 e. The summed E-state index contributed by atoms with van der Waals surface area (Å²) < 4.78 is 0. The Labute approximate surface area is 92.8 Å². The number of carbonyl (C=O) groups is 1. The zero-order valence-corrected chi connectivity index (χ0v) is 8.68. The second kappa shape index (κ2) is 6.39. The highest BCUT2D eigenvalue weighted by Gasteiger charge is 2.02. The molecule has 6 heteroatoms. The van der Waals surface area contributed by atoms with Crippen LogP contribution in [0.3, 0.4) is 0 Å². The van der Waals surface area contributed by atoms with E-state index in [4.69, 9.17) is 0 Å². The smallest absolute Gasteiger partial charge is 0.269 e. The Hall–Kier alpha value is -2.11. The van der Waals surface area contributed by atoms with Gasteiger partial charge in [-0.1, -0.05) is 0 Å². The lowest BCUT2D eigenvalue weighted by atomic mass is 10.3. The fourth-order valence-corrected chi connectivity index (χ4v) is 1.18. The number of nitro benzene ring substituents is 1. The van der Waals surface area contributed by atoms with Gasteiger partial charge < -0.3 is 10.6 Å². The SMILES string of the molecule is O=CNCCCNc1ccc([N+](=O)[O-])cc1. The number of nitrogens with zero attached hydrogens (tertiary/aromatic N) is 1. The summed E-state index contributed by atoms with van der Waals surface area (Å²) in [6.07, 6.45) is 1.46. The van der Waals surface area contributed by atoms with Gasteiger partial charge in [-0.2, -0.15) is 0 Å². The van der Waals surface area contributed by atoms with E-state index in [-0.39, 0.29) is 5.69 Å². The highest BCUT2D eigenvalue weighted by molar-refractivity contribution is 5.48. The van der Waals surface area contributed by atoms with Crippen LogP contribution in [0.25, 0.3) is 0 Å². The Kier molecular flexibility index (Phi) is 4.78. The summed E-state index contributed by atoms with van der Waals surface area (Å²) in [5.74, 6) is 0. The molecular weight excluding hydrogens is 210 g/mol. The molecule has 1 rings (SSSR count). The van der Waals surface area contributed by atoms with E-state index >= 15 is 0 Å². The molecule has 0 unspecified atom stereocenters. The number of non-ortho nitro benzene ring substituents is 1. The number of anilines is 1. The average Bonchev–Trinajstić information content (AvgIpc) is 2.29. The number of nitrogens with one attached hydrogen (secondary N) is 2. The summed E-state index contributed by atoms with van der Waals surface area (Å²) in [4.78, 5) is 19.9. The summed E-state index contributed by atoms with van der Waals surface area (Å²) in [6, 6.07) is 6.22. The van der Waals surface area contributed by atoms with E-state index in [9.17, 15) is 14.9 Å². The van der Waals surface area contributed by atoms with Crippen LogP contribution in [0.1, 0.15) is 6.42 Å². The van der Waals surface area contributed by atoms with Crippen LogP contribution in [0.4, 0.5) is 11.4 Å². The van der Waals surface area contributed by atoms with E-state index in [2.05, 4.69) is 10.6 Å². The molecule has 86 valence electrons. The van der Waals surface area contributed by atoms with Crippen LogP contribution in [0.2, 0.25) is 0 Å². The summed E-state index contributed by atoms with van der Waals surface area (Å²) >= 11 is 0. The van der Waals surface area contributed by atoms with Crippen LogP contribution in [0.5, 0.6) is 0 Å². The molecule has 1 amide bonds. The minimum absolute atomic E-state index is 0.0770. The van der Waals surface area contributed by atoms with Gasteiger partial charge in [-0.25, -0.2) is 0 Å². The van der Waals surface area contributed by atoms with Crippen molar-refractivity contribution in [1.29, 1.82) is 0 Å². The molecule has 0 aliphatic heterocycles. The number of nitro groups is 1. The second-order valence-electron chi connectivity index (χ2n) is 3.16. The van der Waals surface area contributed by atoms with Gasteiger partial charge in [0.05, 0.1) is 4.92 Å². The number of carbonyl (C=O) groups excluding carboxylic acids is 1. The first-order valence-electron chi connectivity index (χ1n) is 4.89. The number of hydrogen-bond acceptors (Lipinski definition) is 4. The van der Waals surface area contributed by atoms with Crippen molar-refractivity contribution < 1.29 is 9.72 Å². The molecule has 0 aromatic heterocycles. The molecule has 0 aliphatic rings. The van der Waals surface area contributed by atoms with Crippen molar-refractivity contribution in [2.45, 2.75) is 6.42 Å². The second-order valence-corrected chi connectivity index (χ2v) is 3.16. The first kappa shape index (κ1) is 12.0. The Morgan fingerprint density at radius 2 is 1.94 bits per heavy atom. The molecule has 0 heterocycles. The summed E-state index contributed by atoms with van der Waals surface area (Å²) in [6.45, 7) is 1.32. The number of hydrogen-bond donors (Lipinski definition) is 2. The molecule has 6 nitrogen and oxygen atoms in total. The van der Waals surface area contributed by atoms with Crippen LogP contribution >= 0.6 is 0 Å². The number of benzene rings is 1. The molecule has 16 heavy (non-hydrogen) atoms. The monoisotopic (exact) mass is 223 g/mol. The fourth-order valence-electron chi connectivity index (χ4n) is 1.18. The Bertz CT molecular complexity index is 351. The third kappa shape index (κ3) is 3.95. The van der Waals surface area contributed by atoms with Gasteiger partial charge >= 0.3 is 0 Å². The highest BCUT2D eigenvalue weighted by atomic mass is 16.6. The third-order valence-corrected chi connectivity index (χ3v) is 1.99. The van der Waals surface area contributed by atoms with E-state index in [1.54, 1.807) is 12.1 Å². The van der Waals surface area contributed by atoms with Gasteiger partial charge in [0.1, 0.15) is 0 Å². The predicted octanol–water partition coefficient (Wildman–Crippen LogP) is 1.14. The molecule has 0 saturated heterocycles. The first-order valence-corrected chi connectivity index (χ1v) is 4.89. The molecule has 0 spiro atoms. The van der Waals surface area contributed by atoms with Gasteiger partial charge in [0.25, 0.3) is 5.69 Å². The van der Waals surface area contributed by atoms with E-state index in [0.717, 1.165) is 12.1 Å². The normalized spacial score (nSPS) is 9.50. The van der Waals surface area contributed by atoms with Crippen LogP contribution in [0, 0.1) is 10.1 Å². The summed E-state index contributed by atoms with van der Waals surface area (Å²) in [5, 5.41) is 16.0. The Morgan fingerprint density at radius 3 is 2.50 bits per heavy atom. The van der Waals surface area contributed by atoms with Gasteiger partial charge in [-0.3, -0.25) is 14.9 Å². The van der Waals surface area contributed by atoms with Crippen LogP contribution in [-0.4, -0.2) is 24.4 Å². The van der Waals surface area contributed by atoms with Crippen molar-refractivity contribution in [2.75, 3.05) is 18.4 Å². The van der Waals surface area contributed by atoms with Gasteiger partial charge in [-0.05, 0) is 18.6 Å². The predicted molar refractivity (Wildman–Crippen MR) is 60.3 cm³/mol. The van der Waals surface area contributed by atoms with Crippen molar-refractivity contribution in [2.24, 2.45) is 0 Å². The lowest BCUT2D eigenvalue weighted by Crippen LogP contribution is -2.15. The van der Waals surface area contributed by atoms with Gasteiger partial charge in [0.2, 0.25) is 6.41 Å². The molecule has 1 aromatic rings. The van der Waals surface area contributed by atoms with Crippen LogP contribution in [0.15, 0.2) is 24.3 Å². The lowest BCUT2D eigenvalue weighted by Gasteiger charge is -2.05. The molecule has 0 atom stereocenters. The Morgan fingerprint density at radius 1 is 1.25 bits per heavy atom. The molecular formula is C10H13N3O3. The lowest BCUT2D eigenvalue weighted by molar-refractivity contribution is -0.384. The number of rotatable bonds is 7. The van der Waals surface area contributed by atoms with E-state index in [0.29, 0.717) is 19.5 Å². The summed E-state index contributed by atoms with van der Waals surface area (Å²) in [5.41, 5.74) is 0.907. The van der Waals surface area contributed by atoms with E-state index < -0.39 is 4.92 Å². The molecule has 1 aromatic carbocycles. The minimum atomic E-state index is -0.433. The summed E-state index contributed by atoms with van der Waals surface area (Å²) in [7, 11) is 0. The molecule has 0 bridgehead atoms. The maximum Gasteiger partial charge on any atom is 0.269 e. The third-order valence-electron chi connectivity index (χ3n) is 1.99. The highest BCUT2D eigenvalue weighted by Crippen LogP contribution is 2.14.